The van der Waals surface area contributed by atoms with E-state index in [-0.39, 0.29) is 12.4 Å². The number of aliphatic hydroxyl groups excluding tert-OH is 1. The standard InChI is InChI=1S/C18H29NO4/c1-5-7-10-19(6-2)12-16(21)13-23-17-9-8-15(14(3)20)11-18(17)22-4/h8-9,11,16,21H,5-7,10,12-13H2,1-4H3/p+1/t16-/m0/s1. The van der Waals surface area contributed by atoms with Crippen molar-refractivity contribution in [2.75, 3.05) is 33.4 Å². The Labute approximate surface area is 139 Å². The van der Waals surface area contributed by atoms with Crippen LogP contribution in [0.3, 0.4) is 0 Å². The van der Waals surface area contributed by atoms with E-state index >= 15 is 0 Å². The van der Waals surface area contributed by atoms with Crippen LogP contribution < -0.4 is 14.4 Å². The van der Waals surface area contributed by atoms with Gasteiger partial charge in [-0.05, 0) is 38.5 Å². The molecule has 0 aromatic heterocycles. The van der Waals surface area contributed by atoms with E-state index in [2.05, 4.69) is 13.8 Å². The Morgan fingerprint density at radius 3 is 2.61 bits per heavy atom. The zero-order valence-corrected chi connectivity index (χ0v) is 14.7. The van der Waals surface area contributed by atoms with Gasteiger partial charge in [-0.1, -0.05) is 13.3 Å². The number of hydrogen-bond acceptors (Lipinski definition) is 4. The highest BCUT2D eigenvalue weighted by Crippen LogP contribution is 2.28. The number of nitrogens with one attached hydrogen (secondary N) is 1. The molecule has 5 nitrogen and oxygen atoms in total. The molecule has 0 saturated heterocycles. The van der Waals surface area contributed by atoms with E-state index in [1.54, 1.807) is 18.2 Å². The zero-order valence-electron chi connectivity index (χ0n) is 14.7. The maximum atomic E-state index is 11.4. The number of ketones is 1. The Hall–Kier alpha value is -1.59. The predicted molar refractivity (Wildman–Crippen MR) is 90.6 cm³/mol. The van der Waals surface area contributed by atoms with Crippen LogP contribution in [0.2, 0.25) is 0 Å². The maximum Gasteiger partial charge on any atom is 0.161 e. The monoisotopic (exact) mass is 324 g/mol. The highest BCUT2D eigenvalue weighted by molar-refractivity contribution is 5.94. The summed E-state index contributed by atoms with van der Waals surface area (Å²) in [4.78, 5) is 12.8. The van der Waals surface area contributed by atoms with E-state index < -0.39 is 6.10 Å². The third-order valence-corrected chi connectivity index (χ3v) is 3.91. The lowest BCUT2D eigenvalue weighted by Crippen LogP contribution is -3.13. The number of unbranched alkanes of at least 4 members (excludes halogenated alkanes) is 1. The van der Waals surface area contributed by atoms with Gasteiger partial charge in [-0.2, -0.15) is 0 Å². The Kier molecular flexibility index (Phi) is 8.66. The number of likely N-dealkylation sites (N-methyl/N-ethyl adjacent to an activating group) is 1. The molecule has 0 radical (unpaired) electrons. The predicted octanol–water partition coefficient (Wildman–Crippen LogP) is 1.34. The maximum absolute atomic E-state index is 11.4. The first-order valence-corrected chi connectivity index (χ1v) is 8.35. The largest absolute Gasteiger partial charge is 0.493 e. The molecule has 5 heteroatoms. The molecular formula is C18H30NO4+. The minimum Gasteiger partial charge on any atom is -0.493 e. The molecule has 1 aromatic rings. The van der Waals surface area contributed by atoms with Gasteiger partial charge in [0.05, 0.1) is 20.2 Å². The third kappa shape index (κ3) is 6.59. The van der Waals surface area contributed by atoms with E-state index in [1.165, 1.54) is 18.9 Å². The topological polar surface area (TPSA) is 60.2 Å². The molecule has 1 unspecified atom stereocenters. The van der Waals surface area contributed by atoms with Crippen LogP contribution in [0.5, 0.6) is 11.5 Å². The molecule has 0 spiro atoms. The molecule has 0 aliphatic heterocycles. The summed E-state index contributed by atoms with van der Waals surface area (Å²) in [6.45, 7) is 8.76. The van der Waals surface area contributed by atoms with Crippen LogP contribution in [0.4, 0.5) is 0 Å². The van der Waals surface area contributed by atoms with Crippen molar-refractivity contribution in [3.63, 3.8) is 0 Å². The zero-order chi connectivity index (χ0) is 17.2. The minimum absolute atomic E-state index is 0.0204. The number of quaternary nitrogens is 1. The second-order valence-electron chi connectivity index (χ2n) is 5.80. The van der Waals surface area contributed by atoms with Crippen LogP contribution >= 0.6 is 0 Å². The van der Waals surface area contributed by atoms with Crippen LogP contribution in [0, 0.1) is 0 Å². The third-order valence-electron chi connectivity index (χ3n) is 3.91. The molecule has 0 heterocycles. The van der Waals surface area contributed by atoms with Gasteiger partial charge in [0.1, 0.15) is 19.3 Å². The van der Waals surface area contributed by atoms with E-state index in [0.29, 0.717) is 23.6 Å². The van der Waals surface area contributed by atoms with Crippen molar-refractivity contribution >= 4 is 5.78 Å². The van der Waals surface area contributed by atoms with Gasteiger partial charge in [-0.25, -0.2) is 0 Å². The van der Waals surface area contributed by atoms with Crippen molar-refractivity contribution in [2.24, 2.45) is 0 Å². The summed E-state index contributed by atoms with van der Waals surface area (Å²) in [5.41, 5.74) is 0.580. The number of ether oxygens (including phenoxy) is 2. The Morgan fingerprint density at radius 1 is 1.30 bits per heavy atom. The number of aliphatic hydroxyl groups is 1. The second kappa shape index (κ2) is 10.2. The fourth-order valence-corrected chi connectivity index (χ4v) is 2.43. The Morgan fingerprint density at radius 2 is 2.04 bits per heavy atom. The van der Waals surface area contributed by atoms with E-state index in [0.717, 1.165) is 25.9 Å². The average Bonchev–Trinajstić information content (AvgIpc) is 2.56. The van der Waals surface area contributed by atoms with Gasteiger partial charge in [0.25, 0.3) is 0 Å². The molecule has 23 heavy (non-hydrogen) atoms. The smallest absolute Gasteiger partial charge is 0.161 e. The first kappa shape index (κ1) is 19.5. The normalized spacial score (nSPS) is 13.4. The first-order valence-electron chi connectivity index (χ1n) is 8.35. The molecule has 0 fully saturated rings. The summed E-state index contributed by atoms with van der Waals surface area (Å²) < 4.78 is 10.9. The van der Waals surface area contributed by atoms with Crippen LogP contribution in [0.1, 0.15) is 44.0 Å². The molecule has 2 atom stereocenters. The number of hydrogen-bond donors (Lipinski definition) is 2. The van der Waals surface area contributed by atoms with Gasteiger partial charge in [0.2, 0.25) is 0 Å². The lowest BCUT2D eigenvalue weighted by atomic mass is 10.1. The van der Waals surface area contributed by atoms with Gasteiger partial charge in [0.15, 0.2) is 17.3 Å². The van der Waals surface area contributed by atoms with Crippen molar-refractivity contribution in [3.8, 4) is 11.5 Å². The summed E-state index contributed by atoms with van der Waals surface area (Å²) in [6, 6.07) is 5.08. The molecule has 0 saturated carbocycles. The van der Waals surface area contributed by atoms with Crippen LogP contribution in [-0.4, -0.2) is 50.3 Å². The highest BCUT2D eigenvalue weighted by Gasteiger charge is 2.15. The lowest BCUT2D eigenvalue weighted by molar-refractivity contribution is -0.901. The fourth-order valence-electron chi connectivity index (χ4n) is 2.43. The van der Waals surface area contributed by atoms with Crippen molar-refractivity contribution < 1.29 is 24.3 Å². The SMILES string of the molecule is CCCC[NH+](CC)C[C@H](O)COc1ccc(C(C)=O)cc1OC. The molecule has 130 valence electrons. The summed E-state index contributed by atoms with van der Waals surface area (Å²) >= 11 is 0. The van der Waals surface area contributed by atoms with Crippen LogP contribution in [-0.2, 0) is 0 Å². The average molecular weight is 324 g/mol. The summed E-state index contributed by atoms with van der Waals surface area (Å²) in [6.07, 6.45) is 1.80. The van der Waals surface area contributed by atoms with Crippen LogP contribution in [0.25, 0.3) is 0 Å². The molecule has 1 rings (SSSR count). The number of Topliss-reactive ketones (excluding diaryl/α,β-unsaturated/α-hetero) is 1. The summed E-state index contributed by atoms with van der Waals surface area (Å²) in [5, 5.41) is 10.2. The number of carbonyl (C=O) groups excluding carboxylic acids is 1. The van der Waals surface area contributed by atoms with Crippen molar-refractivity contribution in [2.45, 2.75) is 39.7 Å². The van der Waals surface area contributed by atoms with E-state index in [9.17, 15) is 9.90 Å². The number of methoxy groups -OCH3 is 1. The van der Waals surface area contributed by atoms with Gasteiger partial charge in [-0.3, -0.25) is 4.79 Å². The number of rotatable bonds is 11. The van der Waals surface area contributed by atoms with Gasteiger partial charge >= 0.3 is 0 Å². The Balaban J connectivity index is 2.58. The van der Waals surface area contributed by atoms with Crippen molar-refractivity contribution in [1.82, 2.24) is 0 Å². The molecular weight excluding hydrogens is 294 g/mol. The quantitative estimate of drug-likeness (QED) is 0.603. The fraction of sp³-hybridized carbons (Fsp3) is 0.611. The molecule has 0 amide bonds. The molecule has 0 aliphatic rings. The van der Waals surface area contributed by atoms with Gasteiger partial charge in [0, 0.05) is 5.56 Å². The van der Waals surface area contributed by atoms with Crippen molar-refractivity contribution in [3.05, 3.63) is 23.8 Å². The molecule has 0 bridgehead atoms. The first-order chi connectivity index (χ1) is 11.0. The van der Waals surface area contributed by atoms with E-state index in [1.807, 2.05) is 0 Å². The highest BCUT2D eigenvalue weighted by atomic mass is 16.5. The number of benzene rings is 1. The lowest BCUT2D eigenvalue weighted by Gasteiger charge is -2.21. The summed E-state index contributed by atoms with van der Waals surface area (Å²) in [5.74, 6) is 1.03. The molecule has 2 N–H and O–H groups in total. The summed E-state index contributed by atoms with van der Waals surface area (Å²) in [7, 11) is 1.54. The molecule has 1 aromatic carbocycles. The molecule has 0 aliphatic carbocycles. The second-order valence-corrected chi connectivity index (χ2v) is 5.80. The van der Waals surface area contributed by atoms with Gasteiger partial charge in [-0.15, -0.1) is 0 Å². The number of carbonyl (C=O) groups is 1. The minimum atomic E-state index is -0.529. The van der Waals surface area contributed by atoms with Crippen LogP contribution in [0.15, 0.2) is 18.2 Å². The van der Waals surface area contributed by atoms with E-state index in [4.69, 9.17) is 9.47 Å². The van der Waals surface area contributed by atoms with Crippen molar-refractivity contribution in [1.29, 1.82) is 0 Å². The Bertz CT molecular complexity index is 490. The van der Waals surface area contributed by atoms with Gasteiger partial charge < -0.3 is 19.5 Å².